The molecule has 1 heterocycles. The van der Waals surface area contributed by atoms with Crippen LogP contribution in [0, 0.1) is 13.8 Å². The third-order valence-corrected chi connectivity index (χ3v) is 2.85. The van der Waals surface area contributed by atoms with Crippen molar-refractivity contribution in [3.05, 3.63) is 47.2 Å². The summed E-state index contributed by atoms with van der Waals surface area (Å²) >= 11 is 0. The van der Waals surface area contributed by atoms with E-state index in [0.717, 1.165) is 5.56 Å². The molecule has 0 spiro atoms. The monoisotopic (exact) mass is 287 g/mol. The van der Waals surface area contributed by atoms with Gasteiger partial charge in [0.05, 0.1) is 0 Å². The lowest BCUT2D eigenvalue weighted by Gasteiger charge is -2.05. The first kappa shape index (κ1) is 14.8. The predicted molar refractivity (Wildman–Crippen MR) is 78.0 cm³/mol. The largest absolute Gasteiger partial charge is 0.360 e. The van der Waals surface area contributed by atoms with Crippen LogP contribution in [-0.4, -0.2) is 23.5 Å². The summed E-state index contributed by atoms with van der Waals surface area (Å²) in [7, 11) is 0. The van der Waals surface area contributed by atoms with Gasteiger partial charge in [0.1, 0.15) is 5.76 Å². The summed E-state index contributed by atoms with van der Waals surface area (Å²) in [6.07, 6.45) is 0.170. The Balaban J connectivity index is 1.74. The van der Waals surface area contributed by atoms with E-state index in [1.165, 1.54) is 0 Å². The smallest absolute Gasteiger partial charge is 0.251 e. The van der Waals surface area contributed by atoms with E-state index in [1.54, 1.807) is 25.1 Å². The van der Waals surface area contributed by atoms with Crippen LogP contribution in [0.2, 0.25) is 0 Å². The molecule has 0 aliphatic carbocycles. The minimum atomic E-state index is -0.229. The maximum absolute atomic E-state index is 11.8. The lowest BCUT2D eigenvalue weighted by molar-refractivity contribution is -0.116. The molecule has 0 saturated carbocycles. The molecule has 6 heteroatoms. The maximum Gasteiger partial charge on any atom is 0.251 e. The Labute approximate surface area is 122 Å². The Bertz CT molecular complexity index is 632. The van der Waals surface area contributed by atoms with Crippen LogP contribution in [0.3, 0.4) is 0 Å². The van der Waals surface area contributed by atoms with E-state index in [1.807, 2.05) is 19.1 Å². The number of nitrogens with zero attached hydrogens (tertiary/aromatic N) is 1. The normalized spacial score (nSPS) is 10.2. The van der Waals surface area contributed by atoms with Gasteiger partial charge < -0.3 is 15.2 Å². The molecule has 0 aliphatic heterocycles. The Morgan fingerprint density at radius 3 is 2.52 bits per heavy atom. The number of carbonyl (C=O) groups excluding carboxylic acids is 2. The molecule has 0 atom stereocenters. The van der Waals surface area contributed by atoms with Crippen LogP contribution in [-0.2, 0) is 4.79 Å². The van der Waals surface area contributed by atoms with E-state index in [2.05, 4.69) is 15.8 Å². The fourth-order valence-corrected chi connectivity index (χ4v) is 1.73. The van der Waals surface area contributed by atoms with Gasteiger partial charge in [-0.1, -0.05) is 22.9 Å². The molecule has 21 heavy (non-hydrogen) atoms. The second-order valence-corrected chi connectivity index (χ2v) is 4.74. The number of aryl methyl sites for hydroxylation is 2. The van der Waals surface area contributed by atoms with Crippen molar-refractivity contribution < 1.29 is 14.1 Å². The van der Waals surface area contributed by atoms with Crippen LogP contribution in [0.4, 0.5) is 5.82 Å². The number of nitrogens with one attached hydrogen (secondary N) is 2. The van der Waals surface area contributed by atoms with Gasteiger partial charge in [0, 0.05) is 24.6 Å². The SMILES string of the molecule is Cc1ccc(C(=O)NCCC(=O)Nc2cc(C)on2)cc1. The quantitative estimate of drug-likeness (QED) is 0.881. The van der Waals surface area contributed by atoms with E-state index in [-0.39, 0.29) is 24.8 Å². The van der Waals surface area contributed by atoms with Crippen LogP contribution >= 0.6 is 0 Å². The van der Waals surface area contributed by atoms with Crippen molar-refractivity contribution >= 4 is 17.6 Å². The molecule has 0 unspecified atom stereocenters. The molecule has 1 aromatic carbocycles. The van der Waals surface area contributed by atoms with Gasteiger partial charge in [-0.3, -0.25) is 9.59 Å². The Morgan fingerprint density at radius 1 is 1.19 bits per heavy atom. The lowest BCUT2D eigenvalue weighted by Crippen LogP contribution is -2.27. The fourth-order valence-electron chi connectivity index (χ4n) is 1.73. The summed E-state index contributed by atoms with van der Waals surface area (Å²) in [5.41, 5.74) is 1.67. The Kier molecular flexibility index (Phi) is 4.71. The van der Waals surface area contributed by atoms with Gasteiger partial charge in [-0.15, -0.1) is 0 Å². The van der Waals surface area contributed by atoms with Crippen molar-refractivity contribution in [2.24, 2.45) is 0 Å². The number of hydrogen-bond donors (Lipinski definition) is 2. The zero-order chi connectivity index (χ0) is 15.2. The van der Waals surface area contributed by atoms with Gasteiger partial charge in [0.25, 0.3) is 5.91 Å². The van der Waals surface area contributed by atoms with E-state index < -0.39 is 0 Å². The topological polar surface area (TPSA) is 84.2 Å². The van der Waals surface area contributed by atoms with Crippen molar-refractivity contribution in [3.63, 3.8) is 0 Å². The fraction of sp³-hybridized carbons (Fsp3) is 0.267. The summed E-state index contributed by atoms with van der Waals surface area (Å²) in [6.45, 7) is 3.96. The van der Waals surface area contributed by atoms with Crippen LogP contribution in [0.25, 0.3) is 0 Å². The van der Waals surface area contributed by atoms with Crippen molar-refractivity contribution in [2.75, 3.05) is 11.9 Å². The molecule has 2 amide bonds. The second kappa shape index (κ2) is 6.69. The van der Waals surface area contributed by atoms with E-state index in [9.17, 15) is 9.59 Å². The third kappa shape index (κ3) is 4.45. The van der Waals surface area contributed by atoms with Crippen molar-refractivity contribution in [1.82, 2.24) is 10.5 Å². The highest BCUT2D eigenvalue weighted by atomic mass is 16.5. The molecular weight excluding hydrogens is 270 g/mol. The first-order chi connectivity index (χ1) is 10.0. The molecule has 0 fully saturated rings. The first-order valence-corrected chi connectivity index (χ1v) is 6.62. The minimum Gasteiger partial charge on any atom is -0.360 e. The number of benzene rings is 1. The molecular formula is C15H17N3O3. The summed E-state index contributed by atoms with van der Waals surface area (Å²) in [6, 6.07) is 8.87. The number of rotatable bonds is 5. The highest BCUT2D eigenvalue weighted by Gasteiger charge is 2.08. The molecule has 2 N–H and O–H groups in total. The van der Waals surface area contributed by atoms with Crippen LogP contribution < -0.4 is 10.6 Å². The molecule has 2 rings (SSSR count). The number of aromatic nitrogens is 1. The average Bonchev–Trinajstić information content (AvgIpc) is 2.84. The zero-order valence-electron chi connectivity index (χ0n) is 12.0. The molecule has 0 saturated heterocycles. The van der Waals surface area contributed by atoms with Crippen LogP contribution in [0.1, 0.15) is 28.1 Å². The summed E-state index contributed by atoms with van der Waals surface area (Å²) < 4.78 is 4.84. The maximum atomic E-state index is 11.8. The summed E-state index contributed by atoms with van der Waals surface area (Å²) in [5, 5.41) is 8.95. The number of amides is 2. The van der Waals surface area contributed by atoms with Crippen molar-refractivity contribution in [1.29, 1.82) is 0 Å². The Morgan fingerprint density at radius 2 is 1.90 bits per heavy atom. The number of hydrogen-bond acceptors (Lipinski definition) is 4. The van der Waals surface area contributed by atoms with Crippen molar-refractivity contribution in [2.45, 2.75) is 20.3 Å². The van der Waals surface area contributed by atoms with E-state index in [0.29, 0.717) is 17.1 Å². The molecule has 1 aromatic heterocycles. The van der Waals surface area contributed by atoms with Crippen LogP contribution in [0.5, 0.6) is 0 Å². The van der Waals surface area contributed by atoms with Crippen LogP contribution in [0.15, 0.2) is 34.9 Å². The first-order valence-electron chi connectivity index (χ1n) is 6.62. The lowest BCUT2D eigenvalue weighted by atomic mass is 10.1. The van der Waals surface area contributed by atoms with Gasteiger partial charge in [-0.2, -0.15) is 0 Å². The number of anilines is 1. The van der Waals surface area contributed by atoms with Gasteiger partial charge in [0.2, 0.25) is 5.91 Å². The van der Waals surface area contributed by atoms with Gasteiger partial charge in [-0.25, -0.2) is 0 Å². The molecule has 0 aliphatic rings. The standard InChI is InChI=1S/C15H17N3O3/c1-10-3-5-12(6-4-10)15(20)16-8-7-14(19)17-13-9-11(2)21-18-13/h3-6,9H,7-8H2,1-2H3,(H,16,20)(H,17,18,19). The van der Waals surface area contributed by atoms with E-state index in [4.69, 9.17) is 4.52 Å². The molecule has 2 aromatic rings. The average molecular weight is 287 g/mol. The highest BCUT2D eigenvalue weighted by Crippen LogP contribution is 2.07. The molecule has 110 valence electrons. The predicted octanol–water partition coefficient (Wildman–Crippen LogP) is 2.05. The van der Waals surface area contributed by atoms with Crippen molar-refractivity contribution in [3.8, 4) is 0 Å². The van der Waals surface area contributed by atoms with Gasteiger partial charge in [-0.05, 0) is 26.0 Å². The summed E-state index contributed by atoms with van der Waals surface area (Å²) in [5.74, 6) is 0.577. The Hall–Kier alpha value is -2.63. The zero-order valence-corrected chi connectivity index (χ0v) is 12.0. The van der Waals surface area contributed by atoms with Gasteiger partial charge >= 0.3 is 0 Å². The highest BCUT2D eigenvalue weighted by molar-refractivity contribution is 5.95. The summed E-state index contributed by atoms with van der Waals surface area (Å²) in [4.78, 5) is 23.5. The number of carbonyl (C=O) groups is 2. The molecule has 6 nitrogen and oxygen atoms in total. The minimum absolute atomic E-state index is 0.170. The van der Waals surface area contributed by atoms with Gasteiger partial charge in [0.15, 0.2) is 5.82 Å². The molecule has 0 radical (unpaired) electrons. The van der Waals surface area contributed by atoms with E-state index >= 15 is 0 Å². The second-order valence-electron chi connectivity index (χ2n) is 4.74. The third-order valence-electron chi connectivity index (χ3n) is 2.85. The molecule has 0 bridgehead atoms.